The minimum atomic E-state index is -0.787. The van der Waals surface area contributed by atoms with Crippen LogP contribution in [0.2, 0.25) is 0 Å². The number of nitrogens with zero attached hydrogens (tertiary/aromatic N) is 1. The van der Waals surface area contributed by atoms with Crippen molar-refractivity contribution in [1.29, 1.82) is 0 Å². The number of aromatic amines is 1. The van der Waals surface area contributed by atoms with Crippen LogP contribution in [0.5, 0.6) is 11.5 Å². The molecule has 2 unspecified atom stereocenters. The average molecular weight is 704 g/mol. The number of likely N-dealkylation sites (tertiary alicyclic amines) is 1. The van der Waals surface area contributed by atoms with Crippen molar-refractivity contribution in [2.45, 2.75) is 50.7 Å². The average Bonchev–Trinajstić information content (AvgIpc) is 3.17. The van der Waals surface area contributed by atoms with Gasteiger partial charge in [0.1, 0.15) is 17.4 Å². The summed E-state index contributed by atoms with van der Waals surface area (Å²) in [6.07, 6.45) is 3.95. The largest absolute Gasteiger partial charge is 0.506 e. The van der Waals surface area contributed by atoms with Crippen molar-refractivity contribution >= 4 is 16.9 Å². The Hall–Kier alpha value is -4.96. The van der Waals surface area contributed by atoms with Gasteiger partial charge in [-0.3, -0.25) is 14.5 Å². The lowest BCUT2D eigenvalue weighted by atomic mass is 9.91. The predicted octanol–water partition coefficient (Wildman–Crippen LogP) is 6.69. The van der Waals surface area contributed by atoms with Gasteiger partial charge in [0.15, 0.2) is 0 Å². The number of aromatic nitrogens is 1. The highest BCUT2D eigenvalue weighted by Gasteiger charge is 2.27. The van der Waals surface area contributed by atoms with Gasteiger partial charge in [0.2, 0.25) is 5.56 Å². The van der Waals surface area contributed by atoms with Gasteiger partial charge in [0, 0.05) is 24.5 Å². The number of hydrogen-bond donors (Lipinski definition) is 4. The first-order valence-corrected chi connectivity index (χ1v) is 18.4. The number of aliphatic hydroxyl groups excluding tert-OH is 1. The Labute approximate surface area is 305 Å². The van der Waals surface area contributed by atoms with Gasteiger partial charge >= 0.3 is 5.97 Å². The number of hydrogen-bond acceptors (Lipinski definition) is 8. The second kappa shape index (κ2) is 18.5. The molecule has 2 atom stereocenters. The number of H-pyrrole nitrogens is 1. The Morgan fingerprint density at radius 1 is 0.865 bits per heavy atom. The molecule has 2 heterocycles. The van der Waals surface area contributed by atoms with Crippen molar-refractivity contribution in [2.24, 2.45) is 5.92 Å². The van der Waals surface area contributed by atoms with Gasteiger partial charge in [-0.25, -0.2) is 0 Å². The Morgan fingerprint density at radius 2 is 1.62 bits per heavy atom. The summed E-state index contributed by atoms with van der Waals surface area (Å²) in [5, 5.41) is 24.8. The zero-order chi connectivity index (χ0) is 36.1. The SMILES string of the molecule is O=C(OCC1CCN(Cc2ccccc2)CC1)C(c1ccccc1)c1cccc(OCCCCCNCC(O)c2ccc(O)c3[nH]c(=O)ccc23)c1. The maximum absolute atomic E-state index is 13.7. The third-order valence-corrected chi connectivity index (χ3v) is 9.85. The number of benzene rings is 4. The molecule has 6 rings (SSSR count). The lowest BCUT2D eigenvalue weighted by molar-refractivity contribution is -0.146. The molecule has 52 heavy (non-hydrogen) atoms. The second-order valence-electron chi connectivity index (χ2n) is 13.7. The summed E-state index contributed by atoms with van der Waals surface area (Å²) in [6.45, 7) is 5.02. The number of ether oxygens (including phenoxy) is 2. The summed E-state index contributed by atoms with van der Waals surface area (Å²) >= 11 is 0. The molecule has 0 spiro atoms. The van der Waals surface area contributed by atoms with E-state index in [2.05, 4.69) is 39.5 Å². The lowest BCUT2D eigenvalue weighted by Gasteiger charge is -2.32. The number of pyridine rings is 1. The fourth-order valence-corrected chi connectivity index (χ4v) is 6.95. The summed E-state index contributed by atoms with van der Waals surface area (Å²) < 4.78 is 12.1. The number of aromatic hydroxyl groups is 1. The van der Waals surface area contributed by atoms with Crippen LogP contribution in [0.4, 0.5) is 0 Å². The predicted molar refractivity (Wildman–Crippen MR) is 204 cm³/mol. The molecule has 9 nitrogen and oxygen atoms in total. The van der Waals surface area contributed by atoms with Crippen LogP contribution >= 0.6 is 0 Å². The number of piperidine rings is 1. The van der Waals surface area contributed by atoms with E-state index in [1.54, 1.807) is 12.1 Å². The molecular formula is C43H49N3O6. The molecule has 0 radical (unpaired) electrons. The first-order chi connectivity index (χ1) is 25.4. The molecular weight excluding hydrogens is 654 g/mol. The number of esters is 1. The van der Waals surface area contributed by atoms with E-state index < -0.39 is 12.0 Å². The number of phenolic OH excluding ortho intramolecular Hbond substituents is 1. The number of carbonyl (C=O) groups excluding carboxylic acids is 1. The van der Waals surface area contributed by atoms with Crippen molar-refractivity contribution in [2.75, 3.05) is 39.4 Å². The maximum Gasteiger partial charge on any atom is 0.317 e. The molecule has 0 bridgehead atoms. The summed E-state index contributed by atoms with van der Waals surface area (Å²) in [5.74, 6) is 0.281. The van der Waals surface area contributed by atoms with Crippen LogP contribution in [0.15, 0.2) is 114 Å². The smallest absolute Gasteiger partial charge is 0.317 e. The molecule has 4 aromatic carbocycles. The molecule has 4 N–H and O–H groups in total. The zero-order valence-electron chi connectivity index (χ0n) is 29.6. The number of fused-ring (bicyclic) bond motifs is 1. The van der Waals surface area contributed by atoms with Crippen LogP contribution in [0.1, 0.15) is 66.4 Å². The van der Waals surface area contributed by atoms with Crippen molar-refractivity contribution < 1.29 is 24.5 Å². The van der Waals surface area contributed by atoms with Gasteiger partial charge in [-0.1, -0.05) is 78.9 Å². The van der Waals surface area contributed by atoms with Gasteiger partial charge in [-0.2, -0.15) is 0 Å². The van der Waals surface area contributed by atoms with E-state index in [-0.39, 0.29) is 17.3 Å². The summed E-state index contributed by atoms with van der Waals surface area (Å²) in [6, 6.07) is 34.3. The van der Waals surface area contributed by atoms with E-state index >= 15 is 0 Å². The van der Waals surface area contributed by atoms with Crippen LogP contribution in [-0.2, 0) is 16.1 Å². The van der Waals surface area contributed by atoms with Crippen molar-refractivity contribution in [1.82, 2.24) is 15.2 Å². The molecule has 5 aromatic rings. The highest BCUT2D eigenvalue weighted by molar-refractivity contribution is 5.87. The first-order valence-electron chi connectivity index (χ1n) is 18.4. The van der Waals surface area contributed by atoms with E-state index in [1.807, 2.05) is 60.7 Å². The Morgan fingerprint density at radius 3 is 2.40 bits per heavy atom. The molecule has 1 fully saturated rings. The number of phenols is 1. The standard InChI is InChI=1S/C43H49N3O6/c47-38-19-17-36(37-18-20-40(49)45-42(37)38)39(48)28-44-23-8-3-9-26-51-35-16-10-15-34(27-35)41(33-13-6-2-7-14-33)43(50)52-30-32-21-24-46(25-22-32)29-31-11-4-1-5-12-31/h1-2,4-7,10-20,27,32,39,41,44,47-48H,3,8-9,21-26,28-30H2,(H,45,49). The monoisotopic (exact) mass is 703 g/mol. The Bertz CT molecular complexity index is 1920. The van der Waals surface area contributed by atoms with Gasteiger partial charge in [-0.15, -0.1) is 0 Å². The maximum atomic E-state index is 13.7. The molecule has 1 aromatic heterocycles. The van der Waals surface area contributed by atoms with Crippen LogP contribution in [0.3, 0.4) is 0 Å². The Balaban J connectivity index is 0.936. The molecule has 272 valence electrons. The molecule has 1 saturated heterocycles. The number of unbranched alkanes of at least 4 members (excludes halogenated alkanes) is 2. The van der Waals surface area contributed by atoms with Crippen LogP contribution in [-0.4, -0.2) is 65.5 Å². The van der Waals surface area contributed by atoms with E-state index in [0.717, 1.165) is 75.2 Å². The minimum Gasteiger partial charge on any atom is -0.506 e. The summed E-state index contributed by atoms with van der Waals surface area (Å²) in [7, 11) is 0. The van der Waals surface area contributed by atoms with Crippen molar-refractivity contribution in [3.63, 3.8) is 0 Å². The highest BCUT2D eigenvalue weighted by Crippen LogP contribution is 2.31. The van der Waals surface area contributed by atoms with Gasteiger partial charge < -0.3 is 30.0 Å². The second-order valence-corrected chi connectivity index (χ2v) is 13.7. The molecule has 0 amide bonds. The van der Waals surface area contributed by atoms with Crippen LogP contribution in [0, 0.1) is 5.92 Å². The quantitative estimate of drug-likeness (QED) is 0.0624. The summed E-state index contributed by atoms with van der Waals surface area (Å²) in [5.41, 5.74) is 3.73. The molecule has 1 aliphatic rings. The fourth-order valence-electron chi connectivity index (χ4n) is 6.95. The first kappa shape index (κ1) is 36.8. The molecule has 9 heteroatoms. The minimum absolute atomic E-state index is 0.0269. The van der Waals surface area contributed by atoms with Gasteiger partial charge in [0.25, 0.3) is 0 Å². The molecule has 0 saturated carbocycles. The van der Waals surface area contributed by atoms with Crippen molar-refractivity contribution in [3.05, 3.63) is 142 Å². The normalized spacial score (nSPS) is 14.9. The van der Waals surface area contributed by atoms with Crippen LogP contribution < -0.4 is 15.6 Å². The van der Waals surface area contributed by atoms with E-state index in [9.17, 15) is 19.8 Å². The number of rotatable bonds is 17. The topological polar surface area (TPSA) is 124 Å². The Kier molecular flexibility index (Phi) is 13.1. The lowest BCUT2D eigenvalue weighted by Crippen LogP contribution is -2.35. The van der Waals surface area contributed by atoms with Gasteiger partial charge in [0.05, 0.1) is 24.8 Å². The highest BCUT2D eigenvalue weighted by atomic mass is 16.5. The van der Waals surface area contributed by atoms with Crippen LogP contribution in [0.25, 0.3) is 10.9 Å². The fraction of sp³-hybridized carbons (Fsp3) is 0.349. The molecule has 0 aliphatic carbocycles. The zero-order valence-corrected chi connectivity index (χ0v) is 29.6. The molecule has 1 aliphatic heterocycles. The van der Waals surface area contributed by atoms with Gasteiger partial charge in [-0.05, 0) is 104 Å². The third-order valence-electron chi connectivity index (χ3n) is 9.85. The van der Waals surface area contributed by atoms with E-state index in [0.29, 0.717) is 42.1 Å². The van der Waals surface area contributed by atoms with E-state index in [1.165, 1.54) is 17.7 Å². The number of nitrogens with one attached hydrogen (secondary N) is 2. The van der Waals surface area contributed by atoms with Crippen molar-refractivity contribution in [3.8, 4) is 11.5 Å². The number of aliphatic hydroxyl groups is 1. The number of carbonyl (C=O) groups is 1. The van der Waals surface area contributed by atoms with E-state index in [4.69, 9.17) is 9.47 Å². The summed E-state index contributed by atoms with van der Waals surface area (Å²) in [4.78, 5) is 30.5. The third kappa shape index (κ3) is 10.1.